The normalized spacial score (nSPS) is 11.8. The van der Waals surface area contributed by atoms with E-state index in [1.807, 2.05) is 0 Å². The minimum atomic E-state index is -2.87. The standard InChI is InChI=1S/C13H18F2O2/c1-8(2)13(14,15)10-7-12(17-5)11(16-4)6-9(10)3/h6-8H,1-5H3. The zero-order valence-electron chi connectivity index (χ0n) is 10.8. The van der Waals surface area contributed by atoms with Gasteiger partial charge in [0.2, 0.25) is 0 Å². The molecule has 0 heterocycles. The molecule has 0 saturated heterocycles. The number of benzene rings is 1. The van der Waals surface area contributed by atoms with Gasteiger partial charge in [0, 0.05) is 11.5 Å². The van der Waals surface area contributed by atoms with E-state index >= 15 is 0 Å². The fraction of sp³-hybridized carbons (Fsp3) is 0.538. The molecule has 17 heavy (non-hydrogen) atoms. The summed E-state index contributed by atoms with van der Waals surface area (Å²) in [5, 5.41) is 0. The second-order valence-corrected chi connectivity index (χ2v) is 4.30. The molecule has 0 aromatic heterocycles. The summed E-state index contributed by atoms with van der Waals surface area (Å²) in [5.74, 6) is -2.84. The number of ether oxygens (including phenoxy) is 2. The van der Waals surface area contributed by atoms with Gasteiger partial charge >= 0.3 is 0 Å². The van der Waals surface area contributed by atoms with Gasteiger partial charge in [0.05, 0.1) is 14.2 Å². The summed E-state index contributed by atoms with van der Waals surface area (Å²) in [4.78, 5) is 0. The van der Waals surface area contributed by atoms with Crippen molar-refractivity contribution in [2.24, 2.45) is 5.92 Å². The van der Waals surface area contributed by atoms with Gasteiger partial charge in [-0.05, 0) is 24.6 Å². The summed E-state index contributed by atoms with van der Waals surface area (Å²) in [6.07, 6.45) is 0. The number of alkyl halides is 2. The smallest absolute Gasteiger partial charge is 0.275 e. The number of rotatable bonds is 4. The molecule has 2 nitrogen and oxygen atoms in total. The van der Waals surface area contributed by atoms with Gasteiger partial charge in [0.1, 0.15) is 0 Å². The van der Waals surface area contributed by atoms with Gasteiger partial charge in [0.15, 0.2) is 11.5 Å². The third kappa shape index (κ3) is 2.51. The SMILES string of the molecule is COc1cc(C)c(C(F)(F)C(C)C)cc1OC. The first kappa shape index (κ1) is 13.7. The maximum Gasteiger partial charge on any atom is 0.275 e. The molecule has 0 aliphatic rings. The molecule has 0 amide bonds. The molecule has 0 saturated carbocycles. The van der Waals surface area contributed by atoms with Crippen molar-refractivity contribution in [3.05, 3.63) is 23.3 Å². The molecule has 0 unspecified atom stereocenters. The molecule has 96 valence electrons. The van der Waals surface area contributed by atoms with Crippen molar-refractivity contribution in [3.63, 3.8) is 0 Å². The summed E-state index contributed by atoms with van der Waals surface area (Å²) in [7, 11) is 2.92. The quantitative estimate of drug-likeness (QED) is 0.802. The molecule has 0 fully saturated rings. The summed E-state index contributed by atoms with van der Waals surface area (Å²) >= 11 is 0. The van der Waals surface area contributed by atoms with E-state index in [0.29, 0.717) is 17.1 Å². The molecule has 1 rings (SSSR count). The van der Waals surface area contributed by atoms with E-state index in [9.17, 15) is 8.78 Å². The number of hydrogen-bond donors (Lipinski definition) is 0. The van der Waals surface area contributed by atoms with Crippen LogP contribution in [0.25, 0.3) is 0 Å². The lowest BCUT2D eigenvalue weighted by molar-refractivity contribution is -0.0521. The van der Waals surface area contributed by atoms with Crippen LogP contribution in [0.5, 0.6) is 11.5 Å². The lowest BCUT2D eigenvalue weighted by Gasteiger charge is -2.24. The van der Waals surface area contributed by atoms with Crippen LogP contribution in [0.3, 0.4) is 0 Å². The molecular formula is C13H18F2O2. The van der Waals surface area contributed by atoms with Crippen molar-refractivity contribution >= 4 is 0 Å². The highest BCUT2D eigenvalue weighted by molar-refractivity contribution is 5.48. The van der Waals surface area contributed by atoms with Gasteiger partial charge in [-0.1, -0.05) is 13.8 Å². The molecule has 0 spiro atoms. The van der Waals surface area contributed by atoms with E-state index in [1.54, 1.807) is 13.0 Å². The molecule has 1 aromatic carbocycles. The first-order chi connectivity index (χ1) is 7.84. The molecular weight excluding hydrogens is 226 g/mol. The van der Waals surface area contributed by atoms with Gasteiger partial charge in [-0.3, -0.25) is 0 Å². The van der Waals surface area contributed by atoms with E-state index in [0.717, 1.165) is 0 Å². The Bertz CT molecular complexity index is 401. The predicted octanol–water partition coefficient (Wildman–Crippen LogP) is 3.76. The highest BCUT2D eigenvalue weighted by Crippen LogP contribution is 2.41. The van der Waals surface area contributed by atoms with Gasteiger partial charge < -0.3 is 9.47 Å². The van der Waals surface area contributed by atoms with Crippen molar-refractivity contribution in [3.8, 4) is 11.5 Å². The van der Waals surface area contributed by atoms with E-state index < -0.39 is 11.8 Å². The molecule has 0 aliphatic heterocycles. The lowest BCUT2D eigenvalue weighted by atomic mass is 9.93. The Morgan fingerprint density at radius 2 is 1.53 bits per heavy atom. The second kappa shape index (κ2) is 4.90. The number of hydrogen-bond acceptors (Lipinski definition) is 2. The Morgan fingerprint density at radius 1 is 1.06 bits per heavy atom. The fourth-order valence-corrected chi connectivity index (χ4v) is 1.65. The highest BCUT2D eigenvalue weighted by Gasteiger charge is 2.37. The van der Waals surface area contributed by atoms with Gasteiger partial charge in [0.25, 0.3) is 5.92 Å². The maximum absolute atomic E-state index is 14.0. The minimum Gasteiger partial charge on any atom is -0.493 e. The van der Waals surface area contributed by atoms with Gasteiger partial charge in [-0.15, -0.1) is 0 Å². The topological polar surface area (TPSA) is 18.5 Å². The van der Waals surface area contributed by atoms with Crippen molar-refractivity contribution in [2.75, 3.05) is 14.2 Å². The Morgan fingerprint density at radius 3 is 1.94 bits per heavy atom. The van der Waals surface area contributed by atoms with Crippen molar-refractivity contribution in [1.29, 1.82) is 0 Å². The monoisotopic (exact) mass is 244 g/mol. The average molecular weight is 244 g/mol. The average Bonchev–Trinajstić information content (AvgIpc) is 2.27. The zero-order valence-corrected chi connectivity index (χ0v) is 10.8. The Labute approximate surface area is 101 Å². The minimum absolute atomic E-state index is 0.00912. The first-order valence-electron chi connectivity index (χ1n) is 5.45. The summed E-state index contributed by atoms with van der Waals surface area (Å²) in [6, 6.07) is 2.93. The molecule has 0 atom stereocenters. The van der Waals surface area contributed by atoms with Crippen LogP contribution in [0.4, 0.5) is 8.78 Å². The third-order valence-electron chi connectivity index (χ3n) is 2.81. The van der Waals surface area contributed by atoms with E-state index in [2.05, 4.69) is 0 Å². The summed E-state index contributed by atoms with van der Waals surface area (Å²) in [6.45, 7) is 4.64. The molecule has 0 aliphatic carbocycles. The summed E-state index contributed by atoms with van der Waals surface area (Å²) < 4.78 is 38.1. The lowest BCUT2D eigenvalue weighted by Crippen LogP contribution is -2.22. The van der Waals surface area contributed by atoms with E-state index in [4.69, 9.17) is 9.47 Å². The number of aryl methyl sites for hydroxylation is 1. The predicted molar refractivity (Wildman–Crippen MR) is 63.0 cm³/mol. The Kier molecular flexibility index (Phi) is 3.96. The van der Waals surface area contributed by atoms with Crippen LogP contribution < -0.4 is 9.47 Å². The van der Waals surface area contributed by atoms with E-state index in [-0.39, 0.29) is 5.56 Å². The van der Waals surface area contributed by atoms with Crippen LogP contribution in [0.2, 0.25) is 0 Å². The molecule has 4 heteroatoms. The number of methoxy groups -OCH3 is 2. The van der Waals surface area contributed by atoms with Crippen LogP contribution in [0, 0.1) is 12.8 Å². The van der Waals surface area contributed by atoms with Gasteiger partial charge in [-0.2, -0.15) is 0 Å². The second-order valence-electron chi connectivity index (χ2n) is 4.30. The maximum atomic E-state index is 14.0. The van der Waals surface area contributed by atoms with Gasteiger partial charge in [-0.25, -0.2) is 8.78 Å². The van der Waals surface area contributed by atoms with Crippen LogP contribution in [0.15, 0.2) is 12.1 Å². The fourth-order valence-electron chi connectivity index (χ4n) is 1.65. The molecule has 0 radical (unpaired) electrons. The highest BCUT2D eigenvalue weighted by atomic mass is 19.3. The molecule has 1 aromatic rings. The van der Waals surface area contributed by atoms with Crippen LogP contribution in [-0.4, -0.2) is 14.2 Å². The van der Waals surface area contributed by atoms with E-state index in [1.165, 1.54) is 34.1 Å². The first-order valence-corrected chi connectivity index (χ1v) is 5.45. The Balaban J connectivity index is 3.36. The number of halogens is 2. The van der Waals surface area contributed by atoms with Crippen LogP contribution in [-0.2, 0) is 5.92 Å². The zero-order chi connectivity index (χ0) is 13.2. The van der Waals surface area contributed by atoms with Crippen molar-refractivity contribution in [2.45, 2.75) is 26.7 Å². The largest absolute Gasteiger partial charge is 0.493 e. The third-order valence-corrected chi connectivity index (χ3v) is 2.81. The van der Waals surface area contributed by atoms with Crippen molar-refractivity contribution in [1.82, 2.24) is 0 Å². The Hall–Kier alpha value is -1.32. The summed E-state index contributed by atoms with van der Waals surface area (Å²) in [5.41, 5.74) is 0.492. The molecule has 0 bridgehead atoms. The van der Waals surface area contributed by atoms with Crippen LogP contribution >= 0.6 is 0 Å². The molecule has 0 N–H and O–H groups in total. The van der Waals surface area contributed by atoms with Crippen LogP contribution in [0.1, 0.15) is 25.0 Å². The van der Waals surface area contributed by atoms with Crippen molar-refractivity contribution < 1.29 is 18.3 Å².